The van der Waals surface area contributed by atoms with E-state index in [-0.39, 0.29) is 0 Å². The average molecular weight is 143 g/mol. The van der Waals surface area contributed by atoms with Gasteiger partial charge in [-0.05, 0) is 19.3 Å². The highest BCUT2D eigenvalue weighted by Gasteiger charge is 2.17. The van der Waals surface area contributed by atoms with Gasteiger partial charge in [-0.3, -0.25) is 0 Å². The van der Waals surface area contributed by atoms with E-state index in [1.807, 2.05) is 0 Å². The molecule has 0 aromatic carbocycles. The minimum atomic E-state index is 0.347. The lowest BCUT2D eigenvalue weighted by molar-refractivity contribution is 0.436. The highest BCUT2D eigenvalue weighted by Crippen LogP contribution is 2.26. The summed E-state index contributed by atoms with van der Waals surface area (Å²) in [6.45, 7) is 0. The smallest absolute Gasteiger partial charge is 0.0347 e. The van der Waals surface area contributed by atoms with Crippen LogP contribution in [0.2, 0.25) is 0 Å². The van der Waals surface area contributed by atoms with Gasteiger partial charge in [0.05, 0.1) is 0 Å². The van der Waals surface area contributed by atoms with Crippen molar-refractivity contribution in [3.63, 3.8) is 0 Å². The summed E-state index contributed by atoms with van der Waals surface area (Å²) in [6, 6.07) is 0. The fraction of sp³-hybridized carbons (Fsp3) is 0.750. The monoisotopic (exact) mass is 142 g/mol. The second kappa shape index (κ2) is 3.13. The second-order valence-electron chi connectivity index (χ2n) is 2.63. The van der Waals surface area contributed by atoms with E-state index in [0.717, 1.165) is 12.8 Å². The van der Waals surface area contributed by atoms with Crippen LogP contribution in [0, 0.1) is 18.3 Å². The number of alkyl halides is 1. The molecule has 0 amide bonds. The van der Waals surface area contributed by atoms with E-state index in [4.69, 9.17) is 18.0 Å². The SMILES string of the molecule is C#CC1CCCC(Cl)C1. The molecule has 0 radical (unpaired) electrons. The third kappa shape index (κ3) is 1.91. The van der Waals surface area contributed by atoms with Gasteiger partial charge in [-0.2, -0.15) is 0 Å². The van der Waals surface area contributed by atoms with Crippen molar-refractivity contribution in [2.75, 3.05) is 0 Å². The van der Waals surface area contributed by atoms with Gasteiger partial charge < -0.3 is 0 Å². The molecule has 1 aliphatic rings. The Balaban J connectivity index is 2.34. The second-order valence-corrected chi connectivity index (χ2v) is 3.24. The van der Waals surface area contributed by atoms with Crippen molar-refractivity contribution >= 4 is 11.6 Å². The van der Waals surface area contributed by atoms with Crippen molar-refractivity contribution in [2.24, 2.45) is 5.92 Å². The van der Waals surface area contributed by atoms with E-state index in [9.17, 15) is 0 Å². The molecule has 1 saturated carbocycles. The van der Waals surface area contributed by atoms with Crippen LogP contribution in [0.4, 0.5) is 0 Å². The Morgan fingerprint density at radius 1 is 1.44 bits per heavy atom. The van der Waals surface area contributed by atoms with Gasteiger partial charge in [-0.25, -0.2) is 0 Å². The summed E-state index contributed by atoms with van der Waals surface area (Å²) in [6.07, 6.45) is 9.83. The van der Waals surface area contributed by atoms with E-state index >= 15 is 0 Å². The molecule has 1 heteroatoms. The summed E-state index contributed by atoms with van der Waals surface area (Å²) >= 11 is 5.89. The predicted octanol–water partition coefficient (Wildman–Crippen LogP) is 2.42. The van der Waals surface area contributed by atoms with Gasteiger partial charge in [0, 0.05) is 11.3 Å². The molecule has 9 heavy (non-hydrogen) atoms. The molecule has 2 atom stereocenters. The van der Waals surface area contributed by atoms with Crippen LogP contribution in [-0.4, -0.2) is 5.38 Å². The fourth-order valence-corrected chi connectivity index (χ4v) is 1.65. The predicted molar refractivity (Wildman–Crippen MR) is 40.4 cm³/mol. The molecule has 1 rings (SSSR count). The van der Waals surface area contributed by atoms with Gasteiger partial charge in [0.1, 0.15) is 0 Å². The first-order chi connectivity index (χ1) is 4.33. The van der Waals surface area contributed by atoms with E-state index in [1.54, 1.807) is 0 Å². The average Bonchev–Trinajstić information content (AvgIpc) is 1.88. The van der Waals surface area contributed by atoms with E-state index < -0.39 is 0 Å². The van der Waals surface area contributed by atoms with Crippen LogP contribution in [0.5, 0.6) is 0 Å². The summed E-state index contributed by atoms with van der Waals surface area (Å²) in [5, 5.41) is 0.347. The first kappa shape index (κ1) is 6.96. The Morgan fingerprint density at radius 2 is 2.22 bits per heavy atom. The Morgan fingerprint density at radius 3 is 2.67 bits per heavy atom. The van der Waals surface area contributed by atoms with Crippen molar-refractivity contribution in [1.82, 2.24) is 0 Å². The number of halogens is 1. The Hall–Kier alpha value is -0.150. The molecule has 0 bridgehead atoms. The van der Waals surface area contributed by atoms with Gasteiger partial charge >= 0.3 is 0 Å². The summed E-state index contributed by atoms with van der Waals surface area (Å²) in [5.41, 5.74) is 0. The quantitative estimate of drug-likeness (QED) is 0.360. The van der Waals surface area contributed by atoms with E-state index in [0.29, 0.717) is 11.3 Å². The summed E-state index contributed by atoms with van der Waals surface area (Å²) in [5.74, 6) is 3.21. The lowest BCUT2D eigenvalue weighted by Crippen LogP contribution is -2.13. The van der Waals surface area contributed by atoms with Crippen LogP contribution in [0.15, 0.2) is 0 Å². The minimum Gasteiger partial charge on any atom is -0.123 e. The van der Waals surface area contributed by atoms with E-state index in [1.165, 1.54) is 12.8 Å². The topological polar surface area (TPSA) is 0 Å². The van der Waals surface area contributed by atoms with Gasteiger partial charge in [0.15, 0.2) is 0 Å². The molecule has 0 N–H and O–H groups in total. The third-order valence-electron chi connectivity index (χ3n) is 1.85. The normalized spacial score (nSPS) is 35.6. The first-order valence-electron chi connectivity index (χ1n) is 3.43. The molecule has 0 spiro atoms. The summed E-state index contributed by atoms with van der Waals surface area (Å²) in [7, 11) is 0. The molecule has 0 saturated heterocycles. The Kier molecular flexibility index (Phi) is 2.42. The highest BCUT2D eigenvalue weighted by molar-refractivity contribution is 6.20. The molecule has 0 nitrogen and oxygen atoms in total. The highest BCUT2D eigenvalue weighted by atomic mass is 35.5. The Bertz CT molecular complexity index is 123. The summed E-state index contributed by atoms with van der Waals surface area (Å²) in [4.78, 5) is 0. The van der Waals surface area contributed by atoms with Gasteiger partial charge in [-0.15, -0.1) is 23.9 Å². The zero-order chi connectivity index (χ0) is 6.69. The molecule has 2 unspecified atom stereocenters. The molecule has 1 fully saturated rings. The van der Waals surface area contributed by atoms with Crippen LogP contribution in [0.1, 0.15) is 25.7 Å². The molecule has 0 aliphatic heterocycles. The lowest BCUT2D eigenvalue weighted by Gasteiger charge is -2.20. The fourth-order valence-electron chi connectivity index (χ4n) is 1.28. The van der Waals surface area contributed by atoms with Crippen molar-refractivity contribution in [1.29, 1.82) is 0 Å². The van der Waals surface area contributed by atoms with Gasteiger partial charge in [0.2, 0.25) is 0 Å². The number of hydrogen-bond donors (Lipinski definition) is 0. The minimum absolute atomic E-state index is 0.347. The molecular weight excluding hydrogens is 132 g/mol. The number of terminal acetylenes is 1. The molecule has 0 aromatic heterocycles. The zero-order valence-corrected chi connectivity index (χ0v) is 6.19. The summed E-state index contributed by atoms with van der Waals surface area (Å²) < 4.78 is 0. The van der Waals surface area contributed by atoms with Crippen molar-refractivity contribution in [3.8, 4) is 12.3 Å². The maximum atomic E-state index is 5.89. The van der Waals surface area contributed by atoms with Crippen LogP contribution in [0.3, 0.4) is 0 Å². The zero-order valence-electron chi connectivity index (χ0n) is 5.44. The van der Waals surface area contributed by atoms with Crippen LogP contribution in [0.25, 0.3) is 0 Å². The maximum Gasteiger partial charge on any atom is 0.0347 e. The molecular formula is C8H11Cl. The maximum absolute atomic E-state index is 5.89. The van der Waals surface area contributed by atoms with Crippen molar-refractivity contribution in [2.45, 2.75) is 31.1 Å². The number of hydrogen-bond acceptors (Lipinski definition) is 0. The largest absolute Gasteiger partial charge is 0.123 e. The van der Waals surface area contributed by atoms with Crippen molar-refractivity contribution in [3.05, 3.63) is 0 Å². The lowest BCUT2D eigenvalue weighted by atomic mass is 9.90. The molecule has 50 valence electrons. The molecule has 1 aliphatic carbocycles. The number of rotatable bonds is 0. The van der Waals surface area contributed by atoms with Gasteiger partial charge in [-0.1, -0.05) is 6.42 Å². The molecule has 0 aromatic rings. The van der Waals surface area contributed by atoms with Crippen LogP contribution < -0.4 is 0 Å². The van der Waals surface area contributed by atoms with E-state index in [2.05, 4.69) is 5.92 Å². The van der Waals surface area contributed by atoms with Gasteiger partial charge in [0.25, 0.3) is 0 Å². The standard InChI is InChI=1S/C8H11Cl/c1-2-7-4-3-5-8(9)6-7/h1,7-8H,3-6H2. The molecule has 0 heterocycles. The van der Waals surface area contributed by atoms with Crippen LogP contribution >= 0.6 is 11.6 Å². The third-order valence-corrected chi connectivity index (χ3v) is 2.24. The first-order valence-corrected chi connectivity index (χ1v) is 3.86. The Labute approximate surface area is 61.6 Å². The van der Waals surface area contributed by atoms with Crippen LogP contribution in [-0.2, 0) is 0 Å². The van der Waals surface area contributed by atoms with Crippen molar-refractivity contribution < 1.29 is 0 Å².